The Morgan fingerprint density at radius 3 is 2.79 bits per heavy atom. The lowest BCUT2D eigenvalue weighted by molar-refractivity contribution is 0.0664. The monoisotopic (exact) mass is 265 g/mol. The summed E-state index contributed by atoms with van der Waals surface area (Å²) in [5.74, 6) is 0.677. The average Bonchev–Trinajstić information content (AvgIpc) is 2.44. The molecule has 1 aromatic rings. The molecule has 1 aromatic heterocycles. The minimum absolute atomic E-state index is 0.0537. The number of carbonyl (C=O) groups excluding carboxylic acids is 1. The van der Waals surface area contributed by atoms with Crippen molar-refractivity contribution in [3.8, 4) is 0 Å². The molecule has 0 spiro atoms. The van der Waals surface area contributed by atoms with Gasteiger partial charge in [0.2, 0.25) is 0 Å². The van der Waals surface area contributed by atoms with Crippen LogP contribution in [0.5, 0.6) is 0 Å². The average molecular weight is 265 g/mol. The van der Waals surface area contributed by atoms with Crippen molar-refractivity contribution in [2.45, 2.75) is 20.8 Å². The van der Waals surface area contributed by atoms with Crippen molar-refractivity contribution < 1.29 is 9.53 Å². The third kappa shape index (κ3) is 4.87. The first-order valence-corrected chi connectivity index (χ1v) is 6.80. The van der Waals surface area contributed by atoms with E-state index in [4.69, 9.17) is 4.74 Å². The Balaban J connectivity index is 2.70. The molecule has 0 saturated carbocycles. The zero-order valence-corrected chi connectivity index (χ0v) is 12.0. The van der Waals surface area contributed by atoms with E-state index in [9.17, 15) is 4.79 Å². The van der Waals surface area contributed by atoms with Crippen LogP contribution in [0, 0.1) is 0 Å². The maximum absolute atomic E-state index is 12.3. The second-order valence-electron chi connectivity index (χ2n) is 4.02. The third-order valence-electron chi connectivity index (χ3n) is 2.70. The summed E-state index contributed by atoms with van der Waals surface area (Å²) in [5.41, 5.74) is 0.469. The zero-order chi connectivity index (χ0) is 14.1. The van der Waals surface area contributed by atoms with Crippen molar-refractivity contribution >= 4 is 11.7 Å². The molecule has 1 rings (SSSR count). The number of amides is 1. The van der Waals surface area contributed by atoms with Gasteiger partial charge in [0.1, 0.15) is 11.5 Å². The van der Waals surface area contributed by atoms with Gasteiger partial charge in [-0.25, -0.2) is 4.98 Å². The molecule has 0 saturated heterocycles. The van der Waals surface area contributed by atoms with Crippen LogP contribution in [0.4, 0.5) is 5.82 Å². The number of nitrogens with zero attached hydrogens (tertiary/aromatic N) is 2. The van der Waals surface area contributed by atoms with Gasteiger partial charge in [0.25, 0.3) is 5.91 Å². The quantitative estimate of drug-likeness (QED) is 0.731. The third-order valence-corrected chi connectivity index (χ3v) is 2.70. The molecule has 5 nitrogen and oxygen atoms in total. The minimum Gasteiger partial charge on any atom is -0.380 e. The molecular weight excluding hydrogens is 242 g/mol. The Bertz CT molecular complexity index is 396. The number of ether oxygens (including phenoxy) is 1. The fourth-order valence-corrected chi connectivity index (χ4v) is 1.72. The van der Waals surface area contributed by atoms with E-state index in [2.05, 4.69) is 10.3 Å². The van der Waals surface area contributed by atoms with E-state index in [1.54, 1.807) is 11.0 Å². The summed E-state index contributed by atoms with van der Waals surface area (Å²) >= 11 is 0. The van der Waals surface area contributed by atoms with Crippen molar-refractivity contribution in [1.82, 2.24) is 9.88 Å². The molecule has 1 heterocycles. The van der Waals surface area contributed by atoms with Crippen LogP contribution < -0.4 is 5.32 Å². The summed E-state index contributed by atoms with van der Waals surface area (Å²) in [4.78, 5) is 18.4. The Labute approximate surface area is 115 Å². The molecule has 0 fully saturated rings. The molecular formula is C14H23N3O2. The van der Waals surface area contributed by atoms with Crippen LogP contribution in [0.3, 0.4) is 0 Å². The predicted octanol–water partition coefficient (Wildman–Crippen LogP) is 2.01. The molecule has 19 heavy (non-hydrogen) atoms. The Hall–Kier alpha value is -1.62. The van der Waals surface area contributed by atoms with Crippen LogP contribution in [0.2, 0.25) is 0 Å². The molecule has 0 unspecified atom stereocenters. The zero-order valence-electron chi connectivity index (χ0n) is 12.0. The van der Waals surface area contributed by atoms with Crippen molar-refractivity contribution in [3.05, 3.63) is 23.9 Å². The number of carbonyl (C=O) groups is 1. The van der Waals surface area contributed by atoms with Crippen molar-refractivity contribution in [2.24, 2.45) is 0 Å². The molecule has 0 aliphatic rings. The molecule has 0 aromatic carbocycles. The molecule has 0 bridgehead atoms. The number of likely N-dealkylation sites (N-methyl/N-ethyl adjacent to an activating group) is 1. The summed E-state index contributed by atoms with van der Waals surface area (Å²) in [6.07, 6.45) is 0. The first-order chi connectivity index (χ1) is 9.22. The molecule has 106 valence electrons. The lowest BCUT2D eigenvalue weighted by Gasteiger charge is -2.20. The number of hydrogen-bond donors (Lipinski definition) is 1. The van der Waals surface area contributed by atoms with Gasteiger partial charge in [0.15, 0.2) is 0 Å². The van der Waals surface area contributed by atoms with E-state index in [0.717, 1.165) is 12.4 Å². The normalized spacial score (nSPS) is 10.3. The van der Waals surface area contributed by atoms with Crippen LogP contribution in [0.15, 0.2) is 18.2 Å². The van der Waals surface area contributed by atoms with Gasteiger partial charge in [-0.2, -0.15) is 0 Å². The Morgan fingerprint density at radius 2 is 2.16 bits per heavy atom. The van der Waals surface area contributed by atoms with E-state index in [1.165, 1.54) is 0 Å². The lowest BCUT2D eigenvalue weighted by atomic mass is 10.3. The highest BCUT2D eigenvalue weighted by atomic mass is 16.5. The van der Waals surface area contributed by atoms with Gasteiger partial charge in [-0.15, -0.1) is 0 Å². The first-order valence-electron chi connectivity index (χ1n) is 6.80. The highest BCUT2D eigenvalue weighted by molar-refractivity contribution is 5.92. The number of hydrogen-bond acceptors (Lipinski definition) is 4. The number of anilines is 1. The first kappa shape index (κ1) is 15.4. The number of pyridine rings is 1. The number of nitrogens with one attached hydrogen (secondary N) is 1. The summed E-state index contributed by atoms with van der Waals surface area (Å²) in [7, 11) is 0. The van der Waals surface area contributed by atoms with E-state index >= 15 is 0 Å². The molecule has 1 N–H and O–H groups in total. The van der Waals surface area contributed by atoms with Gasteiger partial charge in [-0.1, -0.05) is 6.07 Å². The van der Waals surface area contributed by atoms with Crippen LogP contribution in [-0.2, 0) is 4.74 Å². The van der Waals surface area contributed by atoms with Gasteiger partial charge in [0, 0.05) is 26.2 Å². The SMILES string of the molecule is CCNc1cccc(C(=O)N(CC)CCOCC)n1. The maximum atomic E-state index is 12.3. The van der Waals surface area contributed by atoms with Gasteiger partial charge >= 0.3 is 0 Å². The van der Waals surface area contributed by atoms with Gasteiger partial charge < -0.3 is 15.0 Å². The minimum atomic E-state index is -0.0537. The molecule has 0 aliphatic carbocycles. The van der Waals surface area contributed by atoms with E-state index in [-0.39, 0.29) is 5.91 Å². The second kappa shape index (κ2) is 8.48. The molecule has 0 radical (unpaired) electrons. The molecule has 5 heteroatoms. The molecule has 1 amide bonds. The van der Waals surface area contributed by atoms with Crippen LogP contribution in [0.1, 0.15) is 31.3 Å². The topological polar surface area (TPSA) is 54.5 Å². The smallest absolute Gasteiger partial charge is 0.272 e. The van der Waals surface area contributed by atoms with Crippen molar-refractivity contribution in [1.29, 1.82) is 0 Å². The summed E-state index contributed by atoms with van der Waals surface area (Å²) in [6, 6.07) is 5.44. The number of aromatic nitrogens is 1. The largest absolute Gasteiger partial charge is 0.380 e. The number of rotatable bonds is 8. The summed E-state index contributed by atoms with van der Waals surface area (Å²) < 4.78 is 5.29. The fourth-order valence-electron chi connectivity index (χ4n) is 1.72. The maximum Gasteiger partial charge on any atom is 0.272 e. The Morgan fingerprint density at radius 1 is 1.37 bits per heavy atom. The lowest BCUT2D eigenvalue weighted by Crippen LogP contribution is -2.34. The van der Waals surface area contributed by atoms with E-state index < -0.39 is 0 Å². The highest BCUT2D eigenvalue weighted by Gasteiger charge is 2.15. The second-order valence-corrected chi connectivity index (χ2v) is 4.02. The van der Waals surface area contributed by atoms with E-state index in [0.29, 0.717) is 32.0 Å². The van der Waals surface area contributed by atoms with Gasteiger partial charge in [-0.05, 0) is 32.9 Å². The summed E-state index contributed by atoms with van der Waals surface area (Å²) in [6.45, 7) is 9.15. The van der Waals surface area contributed by atoms with Crippen LogP contribution >= 0.6 is 0 Å². The standard InChI is InChI=1S/C14H23N3O2/c1-4-15-13-9-7-8-12(16-13)14(18)17(5-2)10-11-19-6-3/h7-9H,4-6,10-11H2,1-3H3,(H,15,16). The van der Waals surface area contributed by atoms with Crippen molar-refractivity contribution in [3.63, 3.8) is 0 Å². The van der Waals surface area contributed by atoms with Crippen LogP contribution in [-0.4, -0.2) is 48.6 Å². The predicted molar refractivity (Wildman–Crippen MR) is 76.5 cm³/mol. The van der Waals surface area contributed by atoms with Gasteiger partial charge in [-0.3, -0.25) is 4.79 Å². The van der Waals surface area contributed by atoms with Crippen LogP contribution in [0.25, 0.3) is 0 Å². The Kier molecular flexibility index (Phi) is 6.89. The highest BCUT2D eigenvalue weighted by Crippen LogP contribution is 2.07. The summed E-state index contributed by atoms with van der Waals surface area (Å²) in [5, 5.41) is 3.11. The molecule has 0 atom stereocenters. The van der Waals surface area contributed by atoms with Gasteiger partial charge in [0.05, 0.1) is 6.61 Å². The van der Waals surface area contributed by atoms with Crippen molar-refractivity contribution in [2.75, 3.05) is 38.2 Å². The fraction of sp³-hybridized carbons (Fsp3) is 0.571. The molecule has 0 aliphatic heterocycles. The van der Waals surface area contributed by atoms with E-state index in [1.807, 2.05) is 32.9 Å².